The summed E-state index contributed by atoms with van der Waals surface area (Å²) in [4.78, 5) is 13.7. The Bertz CT molecular complexity index is 1060. The number of carbonyl (C=O) groups is 1. The fraction of sp³-hybridized carbons (Fsp3) is 0.412. The third-order valence-electron chi connectivity index (χ3n) is 4.71. The van der Waals surface area contributed by atoms with Crippen LogP contribution >= 0.6 is 23.1 Å². The normalized spacial score (nSPS) is 16.0. The lowest BCUT2D eigenvalue weighted by molar-refractivity contribution is -0.137. The second-order valence-electron chi connectivity index (χ2n) is 6.56. The molecule has 0 radical (unpaired) electrons. The molecule has 1 fully saturated rings. The van der Waals surface area contributed by atoms with E-state index in [1.807, 2.05) is 0 Å². The Hall–Kier alpha value is -1.89. The number of anilines is 1. The number of benzene rings is 1. The quantitative estimate of drug-likeness (QED) is 0.723. The number of aryl methyl sites for hydroxylation is 1. The van der Waals surface area contributed by atoms with Gasteiger partial charge in [0.05, 0.1) is 21.8 Å². The van der Waals surface area contributed by atoms with Gasteiger partial charge in [0.25, 0.3) is 5.91 Å². The lowest BCUT2D eigenvalue weighted by atomic mass is 10.2. The van der Waals surface area contributed by atoms with Crippen LogP contribution in [0.25, 0.3) is 0 Å². The fourth-order valence-electron chi connectivity index (χ4n) is 3.10. The molecule has 0 saturated carbocycles. The average molecular weight is 483 g/mol. The highest BCUT2D eigenvalue weighted by atomic mass is 35.5. The number of rotatable bonds is 4. The minimum absolute atomic E-state index is 0.0633. The summed E-state index contributed by atoms with van der Waals surface area (Å²) < 4.78 is 70.0. The SMILES string of the molecule is CNc1snc(C)c1C(=O)N1CCN(S(=O)(=O)c2cc(C(F)(F)F)ccc2Cl)CC1. The molecule has 1 aromatic heterocycles. The van der Waals surface area contributed by atoms with Gasteiger partial charge in [0.2, 0.25) is 10.0 Å². The fourth-order valence-corrected chi connectivity index (χ4v) is 5.76. The molecule has 1 N–H and O–H groups in total. The molecule has 3 rings (SSSR count). The van der Waals surface area contributed by atoms with E-state index in [1.54, 1.807) is 14.0 Å². The van der Waals surface area contributed by atoms with Crippen molar-refractivity contribution in [2.45, 2.75) is 18.0 Å². The molecule has 1 saturated heterocycles. The molecule has 1 amide bonds. The maximum atomic E-state index is 13.0. The van der Waals surface area contributed by atoms with Crippen molar-refractivity contribution >= 4 is 44.1 Å². The van der Waals surface area contributed by atoms with Crippen LogP contribution in [0.3, 0.4) is 0 Å². The van der Waals surface area contributed by atoms with Gasteiger partial charge in [0, 0.05) is 33.2 Å². The molecule has 13 heteroatoms. The molecule has 1 aliphatic rings. The molecule has 7 nitrogen and oxygen atoms in total. The third-order valence-corrected chi connectivity index (χ3v) is 8.04. The number of sulfonamides is 1. The van der Waals surface area contributed by atoms with Crippen LogP contribution in [-0.2, 0) is 16.2 Å². The van der Waals surface area contributed by atoms with Gasteiger partial charge in [-0.05, 0) is 36.7 Å². The number of amides is 1. The number of halogens is 4. The van der Waals surface area contributed by atoms with Crippen molar-refractivity contribution in [3.05, 3.63) is 40.0 Å². The zero-order valence-electron chi connectivity index (χ0n) is 16.0. The van der Waals surface area contributed by atoms with Crippen molar-refractivity contribution in [1.82, 2.24) is 13.6 Å². The number of piperazine rings is 1. The molecule has 0 atom stereocenters. The van der Waals surface area contributed by atoms with Gasteiger partial charge in [-0.1, -0.05) is 11.6 Å². The standard InChI is InChI=1S/C17H18ClF3N4O3S2/c1-10-14(15(22-2)29-23-10)16(26)24-5-7-25(8-6-24)30(27,28)13-9-11(17(19,20)21)3-4-12(13)18/h3-4,9,22H,5-8H2,1-2H3. The summed E-state index contributed by atoms with van der Waals surface area (Å²) in [5.74, 6) is -0.278. The summed E-state index contributed by atoms with van der Waals surface area (Å²) in [7, 11) is -2.58. The van der Waals surface area contributed by atoms with Crippen LogP contribution in [0.15, 0.2) is 23.1 Å². The first-order valence-corrected chi connectivity index (χ1v) is 11.4. The van der Waals surface area contributed by atoms with E-state index >= 15 is 0 Å². The van der Waals surface area contributed by atoms with E-state index in [0.717, 1.165) is 28.0 Å². The second-order valence-corrected chi connectivity index (χ2v) is 9.65. The van der Waals surface area contributed by atoms with Crippen LogP contribution in [0.5, 0.6) is 0 Å². The van der Waals surface area contributed by atoms with Crippen LogP contribution in [0.1, 0.15) is 21.6 Å². The first-order chi connectivity index (χ1) is 14.0. The first kappa shape index (κ1) is 22.8. The molecular formula is C17H18ClF3N4O3S2. The third kappa shape index (κ3) is 4.27. The summed E-state index contributed by atoms with van der Waals surface area (Å²) in [5, 5.41) is 3.23. The summed E-state index contributed by atoms with van der Waals surface area (Å²) >= 11 is 7.05. The number of nitrogens with zero attached hydrogens (tertiary/aromatic N) is 3. The second kappa shape index (κ2) is 8.33. The van der Waals surface area contributed by atoms with E-state index in [9.17, 15) is 26.4 Å². The van der Waals surface area contributed by atoms with Gasteiger partial charge in [-0.15, -0.1) is 0 Å². The maximum absolute atomic E-state index is 13.0. The molecule has 2 aromatic rings. The van der Waals surface area contributed by atoms with E-state index < -0.39 is 26.7 Å². The molecule has 1 aromatic carbocycles. The average Bonchev–Trinajstić information content (AvgIpc) is 3.07. The molecule has 1 aliphatic heterocycles. The van der Waals surface area contributed by atoms with E-state index in [-0.39, 0.29) is 37.1 Å². The Morgan fingerprint density at radius 1 is 1.23 bits per heavy atom. The predicted octanol–water partition coefficient (Wildman–Crippen LogP) is 3.31. The zero-order valence-corrected chi connectivity index (χ0v) is 18.3. The van der Waals surface area contributed by atoms with Gasteiger partial charge >= 0.3 is 6.18 Å². The highest BCUT2D eigenvalue weighted by Gasteiger charge is 2.36. The molecule has 2 heterocycles. The van der Waals surface area contributed by atoms with Crippen molar-refractivity contribution < 1.29 is 26.4 Å². The maximum Gasteiger partial charge on any atom is 0.416 e. The van der Waals surface area contributed by atoms with Crippen molar-refractivity contribution in [1.29, 1.82) is 0 Å². The number of carbonyl (C=O) groups excluding carboxylic acids is 1. The van der Waals surface area contributed by atoms with E-state index in [0.29, 0.717) is 22.3 Å². The monoisotopic (exact) mass is 482 g/mol. The van der Waals surface area contributed by atoms with Crippen molar-refractivity contribution in [3.8, 4) is 0 Å². The lowest BCUT2D eigenvalue weighted by Gasteiger charge is -2.34. The lowest BCUT2D eigenvalue weighted by Crippen LogP contribution is -2.50. The number of hydrogen-bond acceptors (Lipinski definition) is 6. The molecule has 30 heavy (non-hydrogen) atoms. The van der Waals surface area contributed by atoms with E-state index in [1.165, 1.54) is 4.90 Å². The Morgan fingerprint density at radius 3 is 2.43 bits per heavy atom. The van der Waals surface area contributed by atoms with Gasteiger partial charge in [0.1, 0.15) is 9.90 Å². The van der Waals surface area contributed by atoms with Gasteiger partial charge in [0.15, 0.2) is 0 Å². The Morgan fingerprint density at radius 2 is 1.87 bits per heavy atom. The van der Waals surface area contributed by atoms with Gasteiger partial charge in [-0.25, -0.2) is 8.42 Å². The number of hydrogen-bond donors (Lipinski definition) is 1. The predicted molar refractivity (Wildman–Crippen MR) is 108 cm³/mol. The summed E-state index contributed by atoms with van der Waals surface area (Å²) in [6, 6.07) is 2.19. The minimum Gasteiger partial charge on any atom is -0.378 e. The number of nitrogens with one attached hydrogen (secondary N) is 1. The van der Waals surface area contributed by atoms with Crippen molar-refractivity contribution in [2.75, 3.05) is 38.5 Å². The summed E-state index contributed by atoms with van der Waals surface area (Å²) in [6.07, 6.45) is -4.70. The van der Waals surface area contributed by atoms with Crippen LogP contribution < -0.4 is 5.32 Å². The van der Waals surface area contributed by atoms with Gasteiger partial charge in [-0.3, -0.25) is 4.79 Å². The largest absolute Gasteiger partial charge is 0.416 e. The van der Waals surface area contributed by atoms with Crippen molar-refractivity contribution in [2.24, 2.45) is 0 Å². The van der Waals surface area contributed by atoms with Gasteiger partial charge in [-0.2, -0.15) is 21.9 Å². The summed E-state index contributed by atoms with van der Waals surface area (Å²) in [6.45, 7) is 1.76. The number of aromatic nitrogens is 1. The van der Waals surface area contributed by atoms with Crippen molar-refractivity contribution in [3.63, 3.8) is 0 Å². The van der Waals surface area contributed by atoms with Crippen LogP contribution in [0.2, 0.25) is 5.02 Å². The molecular weight excluding hydrogens is 465 g/mol. The highest BCUT2D eigenvalue weighted by Crippen LogP contribution is 2.34. The van der Waals surface area contributed by atoms with Crippen LogP contribution in [0, 0.1) is 6.92 Å². The Balaban J connectivity index is 1.79. The Kier molecular flexibility index (Phi) is 6.33. The number of alkyl halides is 3. The molecule has 0 bridgehead atoms. The topological polar surface area (TPSA) is 82.6 Å². The van der Waals surface area contributed by atoms with E-state index in [4.69, 9.17) is 11.6 Å². The summed E-state index contributed by atoms with van der Waals surface area (Å²) in [5.41, 5.74) is -0.0980. The molecule has 164 valence electrons. The molecule has 0 unspecified atom stereocenters. The Labute approximate surface area is 180 Å². The van der Waals surface area contributed by atoms with Crippen LogP contribution in [0.4, 0.5) is 18.2 Å². The van der Waals surface area contributed by atoms with E-state index in [2.05, 4.69) is 9.69 Å². The smallest absolute Gasteiger partial charge is 0.378 e. The first-order valence-electron chi connectivity index (χ1n) is 8.77. The zero-order chi connectivity index (χ0) is 22.3. The molecule has 0 spiro atoms. The minimum atomic E-state index is -4.70. The molecule has 0 aliphatic carbocycles. The highest BCUT2D eigenvalue weighted by molar-refractivity contribution is 7.89. The van der Waals surface area contributed by atoms with Crippen LogP contribution in [-0.4, -0.2) is 61.1 Å². The van der Waals surface area contributed by atoms with Gasteiger partial charge < -0.3 is 10.2 Å².